The summed E-state index contributed by atoms with van der Waals surface area (Å²) in [7, 11) is -5.20. The van der Waals surface area contributed by atoms with E-state index in [9.17, 15) is 18.0 Å². The van der Waals surface area contributed by atoms with E-state index in [0.29, 0.717) is 17.7 Å². The van der Waals surface area contributed by atoms with Gasteiger partial charge in [0, 0.05) is 5.56 Å². The fraction of sp³-hybridized carbons (Fsp3) is 0.417. The van der Waals surface area contributed by atoms with Crippen molar-refractivity contribution in [2.75, 3.05) is 11.9 Å². The molecule has 0 aliphatic rings. The van der Waals surface area contributed by atoms with Gasteiger partial charge < -0.3 is 9.47 Å². The second-order valence-electron chi connectivity index (χ2n) is 9.04. The Labute approximate surface area is 207 Å². The van der Waals surface area contributed by atoms with Gasteiger partial charge in [0.25, 0.3) is 0 Å². The molecular formula is C24H31N3O6SSi. The lowest BCUT2D eigenvalue weighted by Gasteiger charge is -2.10. The third-order valence-corrected chi connectivity index (χ3v) is 7.59. The summed E-state index contributed by atoms with van der Waals surface area (Å²) in [6, 6.07) is 6.33. The molecular weight excluding hydrogens is 486 g/mol. The lowest BCUT2D eigenvalue weighted by Crippen LogP contribution is -2.21. The minimum Gasteiger partial charge on any atom is -0.434 e. The molecule has 1 heterocycles. The van der Waals surface area contributed by atoms with Gasteiger partial charge >= 0.3 is 12.2 Å². The highest BCUT2D eigenvalue weighted by Gasteiger charge is 2.20. The first kappa shape index (κ1) is 28.0. The molecule has 0 aliphatic heterocycles. The molecule has 0 bridgehead atoms. The third-order valence-electron chi connectivity index (χ3n) is 4.54. The summed E-state index contributed by atoms with van der Waals surface area (Å²) in [6.07, 6.45) is 0.738. The molecule has 0 saturated heterocycles. The van der Waals surface area contributed by atoms with E-state index in [0.717, 1.165) is 6.42 Å². The predicted molar refractivity (Wildman–Crippen MR) is 136 cm³/mol. The predicted octanol–water partition coefficient (Wildman–Crippen LogP) is 5.04. The average molecular weight is 518 g/mol. The van der Waals surface area contributed by atoms with Crippen LogP contribution in [0.2, 0.25) is 19.6 Å². The topological polar surface area (TPSA) is 125 Å². The summed E-state index contributed by atoms with van der Waals surface area (Å²) < 4.78 is 34.2. The van der Waals surface area contributed by atoms with Gasteiger partial charge in [-0.25, -0.2) is 28.0 Å². The first-order valence-corrected chi connectivity index (χ1v) is 16.3. The maximum Gasteiger partial charge on any atom is 0.517 e. The number of amides is 1. The van der Waals surface area contributed by atoms with Crippen LogP contribution in [0.15, 0.2) is 35.4 Å². The Balaban J connectivity index is 2.33. The van der Waals surface area contributed by atoms with Crippen molar-refractivity contribution in [1.29, 1.82) is 0 Å². The van der Waals surface area contributed by atoms with Crippen LogP contribution in [0.3, 0.4) is 0 Å². The maximum absolute atomic E-state index is 12.4. The zero-order valence-electron chi connectivity index (χ0n) is 20.8. The van der Waals surface area contributed by atoms with Crippen LogP contribution in [0.4, 0.5) is 15.4 Å². The lowest BCUT2D eigenvalue weighted by atomic mass is 10.1. The average Bonchev–Trinajstić information content (AvgIpc) is 2.78. The van der Waals surface area contributed by atoms with Gasteiger partial charge in [-0.3, -0.25) is 5.32 Å². The fourth-order valence-electron chi connectivity index (χ4n) is 2.57. The zero-order valence-corrected chi connectivity index (χ0v) is 22.7. The number of benzene rings is 1. The molecule has 11 heteroatoms. The molecule has 188 valence electrons. The third kappa shape index (κ3) is 8.49. The number of rotatable bonds is 7. The van der Waals surface area contributed by atoms with Gasteiger partial charge in [-0.15, -0.1) is 5.54 Å². The Bertz CT molecular complexity index is 1230. The van der Waals surface area contributed by atoms with Gasteiger partial charge in [0.15, 0.2) is 21.3 Å². The van der Waals surface area contributed by atoms with Crippen molar-refractivity contribution < 1.29 is 27.5 Å². The Morgan fingerprint density at radius 3 is 2.37 bits per heavy atom. The summed E-state index contributed by atoms with van der Waals surface area (Å²) in [5.74, 6) is 3.00. The minimum atomic E-state index is -3.40. The largest absolute Gasteiger partial charge is 0.517 e. The van der Waals surface area contributed by atoms with Crippen LogP contribution in [-0.2, 0) is 19.3 Å². The number of ether oxygens (including phenoxy) is 2. The molecule has 0 aliphatic carbocycles. The van der Waals surface area contributed by atoms with Crippen LogP contribution in [0.5, 0.6) is 0 Å². The summed E-state index contributed by atoms with van der Waals surface area (Å²) in [5.41, 5.74) is 4.44. The van der Waals surface area contributed by atoms with Gasteiger partial charge in [0.2, 0.25) is 0 Å². The van der Waals surface area contributed by atoms with E-state index < -0.39 is 35.4 Å². The van der Waals surface area contributed by atoms with E-state index in [1.807, 2.05) is 6.92 Å². The summed E-state index contributed by atoms with van der Waals surface area (Å²) in [5, 5.41) is 1.85. The molecule has 1 amide bonds. The number of carbonyl (C=O) groups excluding carboxylic acids is 2. The van der Waals surface area contributed by atoms with Crippen LogP contribution < -0.4 is 5.32 Å². The van der Waals surface area contributed by atoms with E-state index in [1.54, 1.807) is 26.0 Å². The molecule has 0 spiro atoms. The second kappa shape index (κ2) is 11.9. The van der Waals surface area contributed by atoms with Gasteiger partial charge in [-0.2, -0.15) is 0 Å². The molecule has 0 radical (unpaired) electrons. The Hall–Kier alpha value is -3.23. The molecule has 0 unspecified atom stereocenters. The van der Waals surface area contributed by atoms with Crippen molar-refractivity contribution in [2.45, 2.75) is 63.4 Å². The van der Waals surface area contributed by atoms with E-state index in [2.05, 4.69) is 51.1 Å². The standard InChI is InChI=1S/C24H31N3O6SSi/c1-7-8-14-32-24(29)33-23(28)27-22-20(13-15-35(4,5)6)26-21(16-25-22)18-9-11-19(12-10-18)34(30,31)17(2)3/h9-12,16-17H,7-8,14H2,1-6H3,(H,25,27,28). The number of sulfone groups is 1. The number of unbranched alkanes of at least 4 members (excludes halogenated alkanes) is 1. The van der Waals surface area contributed by atoms with Gasteiger partial charge in [-0.1, -0.05) is 51.0 Å². The number of anilines is 1. The zero-order chi connectivity index (χ0) is 26.2. The van der Waals surface area contributed by atoms with Crippen molar-refractivity contribution in [1.82, 2.24) is 9.97 Å². The number of aromatic nitrogens is 2. The molecule has 0 atom stereocenters. The molecule has 2 rings (SSSR count). The first-order chi connectivity index (χ1) is 16.3. The summed E-state index contributed by atoms with van der Waals surface area (Å²) >= 11 is 0. The molecule has 2 aromatic rings. The molecule has 35 heavy (non-hydrogen) atoms. The smallest absolute Gasteiger partial charge is 0.434 e. The number of nitrogens with one attached hydrogen (secondary N) is 1. The maximum atomic E-state index is 12.4. The summed E-state index contributed by atoms with van der Waals surface area (Å²) in [6.45, 7) is 11.5. The van der Waals surface area contributed by atoms with Crippen LogP contribution in [0.1, 0.15) is 39.3 Å². The Kier molecular flexibility index (Phi) is 9.56. The normalized spacial score (nSPS) is 11.4. The first-order valence-electron chi connectivity index (χ1n) is 11.2. The number of carbonyl (C=O) groups is 2. The van der Waals surface area contributed by atoms with Crippen LogP contribution in [0, 0.1) is 11.5 Å². The quantitative estimate of drug-likeness (QED) is 0.178. The van der Waals surface area contributed by atoms with Gasteiger partial charge in [-0.05, 0) is 32.4 Å². The molecule has 1 aromatic carbocycles. The molecule has 0 fully saturated rings. The van der Waals surface area contributed by atoms with Crippen molar-refractivity contribution in [3.8, 4) is 22.7 Å². The highest BCUT2D eigenvalue weighted by Crippen LogP contribution is 2.23. The van der Waals surface area contributed by atoms with Crippen LogP contribution in [-0.4, -0.2) is 50.6 Å². The van der Waals surface area contributed by atoms with E-state index in [1.165, 1.54) is 18.3 Å². The van der Waals surface area contributed by atoms with E-state index in [-0.39, 0.29) is 23.0 Å². The van der Waals surface area contributed by atoms with Crippen LogP contribution in [0.25, 0.3) is 11.3 Å². The monoisotopic (exact) mass is 517 g/mol. The lowest BCUT2D eigenvalue weighted by molar-refractivity contribution is 0.0786. The fourth-order valence-corrected chi connectivity index (χ4v) is 4.12. The number of hydrogen-bond donors (Lipinski definition) is 1. The molecule has 0 saturated carbocycles. The van der Waals surface area contributed by atoms with Crippen molar-refractivity contribution >= 4 is 36.0 Å². The Morgan fingerprint density at radius 1 is 1.14 bits per heavy atom. The van der Waals surface area contributed by atoms with Crippen molar-refractivity contribution in [3.63, 3.8) is 0 Å². The highest BCUT2D eigenvalue weighted by molar-refractivity contribution is 7.92. The van der Waals surface area contributed by atoms with E-state index >= 15 is 0 Å². The van der Waals surface area contributed by atoms with Gasteiger partial charge in [0.1, 0.15) is 8.07 Å². The Morgan fingerprint density at radius 2 is 1.80 bits per heavy atom. The number of nitrogens with zero attached hydrogens (tertiary/aromatic N) is 2. The van der Waals surface area contributed by atoms with Crippen molar-refractivity contribution in [2.24, 2.45) is 0 Å². The van der Waals surface area contributed by atoms with Gasteiger partial charge in [0.05, 0.1) is 28.6 Å². The SMILES string of the molecule is CCCCOC(=O)OC(=O)Nc1ncc(-c2ccc(S(=O)(=O)C(C)C)cc2)nc1C#C[Si](C)(C)C. The minimum absolute atomic E-state index is 0.0323. The molecule has 1 aromatic heterocycles. The highest BCUT2D eigenvalue weighted by atomic mass is 32.2. The van der Waals surface area contributed by atoms with Crippen LogP contribution >= 0.6 is 0 Å². The second-order valence-corrected chi connectivity index (χ2v) is 16.3. The van der Waals surface area contributed by atoms with E-state index in [4.69, 9.17) is 4.74 Å². The summed E-state index contributed by atoms with van der Waals surface area (Å²) in [4.78, 5) is 32.8. The number of hydrogen-bond acceptors (Lipinski definition) is 8. The van der Waals surface area contributed by atoms with Crippen molar-refractivity contribution in [3.05, 3.63) is 36.2 Å². The molecule has 9 nitrogen and oxygen atoms in total. The molecule has 1 N–H and O–H groups in total.